The molecule has 2 aliphatic rings. The lowest BCUT2D eigenvalue weighted by atomic mass is 10.1. The Morgan fingerprint density at radius 1 is 1.12 bits per heavy atom. The van der Waals surface area contributed by atoms with E-state index < -0.39 is 5.97 Å². The van der Waals surface area contributed by atoms with Gasteiger partial charge in [-0.2, -0.15) is 0 Å². The highest BCUT2D eigenvalue weighted by molar-refractivity contribution is 5.99. The van der Waals surface area contributed by atoms with E-state index in [0.717, 1.165) is 36.4 Å². The van der Waals surface area contributed by atoms with Gasteiger partial charge in [0.25, 0.3) is 0 Å². The molecule has 0 saturated carbocycles. The van der Waals surface area contributed by atoms with Crippen LogP contribution in [0.4, 0.5) is 0 Å². The first-order valence-corrected chi connectivity index (χ1v) is 11.4. The average Bonchev–Trinajstić information content (AvgIpc) is 2.95. The van der Waals surface area contributed by atoms with E-state index in [-0.39, 0.29) is 30.9 Å². The van der Waals surface area contributed by atoms with Crippen LogP contribution in [0.3, 0.4) is 0 Å². The molecule has 0 aliphatic carbocycles. The minimum atomic E-state index is -0.557. The molecule has 0 bridgehead atoms. The van der Waals surface area contributed by atoms with Crippen LogP contribution < -0.4 is 9.47 Å². The Morgan fingerprint density at radius 2 is 1.91 bits per heavy atom. The standard InChI is InChI=1S/C25H30N2O6/c1-17-12-20(21(28)16-32-25(30)14-26-11-7-3-4-10-24(26)29)18(2)27(17)13-19-15-31-22-8-5-6-9-23(22)33-19/h5-6,8-9,12,19H,3-4,7,10-11,13-16H2,1-2H3/t19-/m1/s1. The molecule has 4 rings (SSSR count). The van der Waals surface area contributed by atoms with Crippen molar-refractivity contribution >= 4 is 17.7 Å². The van der Waals surface area contributed by atoms with Gasteiger partial charge in [-0.1, -0.05) is 18.6 Å². The van der Waals surface area contributed by atoms with Gasteiger partial charge in [0.05, 0.1) is 6.54 Å². The summed E-state index contributed by atoms with van der Waals surface area (Å²) in [6.45, 7) is 4.86. The molecule has 3 heterocycles. The molecule has 1 atom stereocenters. The zero-order valence-electron chi connectivity index (χ0n) is 19.2. The predicted octanol–water partition coefficient (Wildman–Crippen LogP) is 3.07. The number of ketones is 1. The van der Waals surface area contributed by atoms with Gasteiger partial charge in [-0.05, 0) is 44.9 Å². The van der Waals surface area contributed by atoms with Gasteiger partial charge in [0, 0.05) is 29.9 Å². The maximum atomic E-state index is 12.8. The minimum absolute atomic E-state index is 0.0316. The zero-order valence-corrected chi connectivity index (χ0v) is 19.2. The third-order valence-corrected chi connectivity index (χ3v) is 6.18. The molecule has 33 heavy (non-hydrogen) atoms. The fourth-order valence-electron chi connectivity index (χ4n) is 4.35. The van der Waals surface area contributed by atoms with Crippen LogP contribution in [0.5, 0.6) is 11.5 Å². The second-order valence-electron chi connectivity index (χ2n) is 8.60. The number of hydrogen-bond acceptors (Lipinski definition) is 6. The minimum Gasteiger partial charge on any atom is -0.486 e. The molecular weight excluding hydrogens is 424 g/mol. The van der Waals surface area contributed by atoms with Crippen LogP contribution >= 0.6 is 0 Å². The fourth-order valence-corrected chi connectivity index (χ4v) is 4.35. The largest absolute Gasteiger partial charge is 0.486 e. The molecule has 0 unspecified atom stereocenters. The number of ether oxygens (including phenoxy) is 3. The lowest BCUT2D eigenvalue weighted by molar-refractivity contribution is -0.148. The van der Waals surface area contributed by atoms with Gasteiger partial charge in [-0.25, -0.2) is 0 Å². The zero-order chi connectivity index (χ0) is 23.4. The van der Waals surface area contributed by atoms with Crippen LogP contribution in [0, 0.1) is 13.8 Å². The van der Waals surface area contributed by atoms with Crippen molar-refractivity contribution in [3.05, 3.63) is 47.3 Å². The normalized spacial score (nSPS) is 18.1. The Bertz CT molecular complexity index is 1040. The van der Waals surface area contributed by atoms with Gasteiger partial charge in [-0.15, -0.1) is 0 Å². The smallest absolute Gasteiger partial charge is 0.326 e. The number of hydrogen-bond donors (Lipinski definition) is 0. The Kier molecular flexibility index (Phi) is 7.01. The number of rotatable bonds is 7. The Balaban J connectivity index is 1.34. The molecule has 8 nitrogen and oxygen atoms in total. The molecule has 2 aliphatic heterocycles. The van der Waals surface area contributed by atoms with Crippen LogP contribution in [0.1, 0.15) is 47.4 Å². The molecule has 0 radical (unpaired) electrons. The summed E-state index contributed by atoms with van der Waals surface area (Å²) in [5, 5.41) is 0. The lowest BCUT2D eigenvalue weighted by Gasteiger charge is -2.27. The number of esters is 1. The Morgan fingerprint density at radius 3 is 2.73 bits per heavy atom. The highest BCUT2D eigenvalue weighted by Gasteiger charge is 2.25. The van der Waals surface area contributed by atoms with Gasteiger partial charge in [-0.3, -0.25) is 14.4 Å². The molecular formula is C25H30N2O6. The van der Waals surface area contributed by atoms with E-state index in [9.17, 15) is 14.4 Å². The van der Waals surface area contributed by atoms with Gasteiger partial charge in [0.2, 0.25) is 11.7 Å². The lowest BCUT2D eigenvalue weighted by Crippen LogP contribution is -2.36. The Hall–Kier alpha value is -3.29. The Labute approximate surface area is 193 Å². The van der Waals surface area contributed by atoms with Gasteiger partial charge in [0.1, 0.15) is 13.2 Å². The number of fused-ring (bicyclic) bond motifs is 1. The summed E-state index contributed by atoms with van der Waals surface area (Å²) in [4.78, 5) is 38.6. The second-order valence-corrected chi connectivity index (χ2v) is 8.60. The summed E-state index contributed by atoms with van der Waals surface area (Å²) in [5.41, 5.74) is 2.22. The number of para-hydroxylation sites is 2. The number of carbonyl (C=O) groups is 3. The van der Waals surface area contributed by atoms with Crippen molar-refractivity contribution in [3.8, 4) is 11.5 Å². The average molecular weight is 455 g/mol. The first-order valence-electron chi connectivity index (χ1n) is 11.4. The number of aryl methyl sites for hydroxylation is 1. The van der Waals surface area contributed by atoms with E-state index in [4.69, 9.17) is 14.2 Å². The summed E-state index contributed by atoms with van der Waals surface area (Å²) in [6.07, 6.45) is 2.99. The summed E-state index contributed by atoms with van der Waals surface area (Å²) in [6, 6.07) is 9.36. The van der Waals surface area contributed by atoms with E-state index in [1.165, 1.54) is 4.90 Å². The van der Waals surface area contributed by atoms with Gasteiger partial charge >= 0.3 is 5.97 Å². The second kappa shape index (κ2) is 10.1. The molecule has 2 aromatic rings. The summed E-state index contributed by atoms with van der Waals surface area (Å²) < 4.78 is 19.1. The molecule has 1 aromatic carbocycles. The number of carbonyl (C=O) groups excluding carboxylic acids is 3. The third-order valence-electron chi connectivity index (χ3n) is 6.18. The summed E-state index contributed by atoms with van der Waals surface area (Å²) >= 11 is 0. The van der Waals surface area contributed by atoms with Crippen molar-refractivity contribution in [1.82, 2.24) is 9.47 Å². The maximum Gasteiger partial charge on any atom is 0.326 e. The van der Waals surface area contributed by atoms with Crippen LogP contribution in [-0.4, -0.2) is 59.5 Å². The van der Waals surface area contributed by atoms with E-state index in [1.54, 1.807) is 0 Å². The summed E-state index contributed by atoms with van der Waals surface area (Å²) in [7, 11) is 0. The highest BCUT2D eigenvalue weighted by atomic mass is 16.6. The van der Waals surface area contributed by atoms with Crippen molar-refractivity contribution in [2.75, 3.05) is 26.3 Å². The quantitative estimate of drug-likeness (QED) is 0.472. The van der Waals surface area contributed by atoms with Crippen molar-refractivity contribution in [2.45, 2.75) is 52.2 Å². The van der Waals surface area contributed by atoms with Crippen molar-refractivity contribution in [3.63, 3.8) is 0 Å². The van der Waals surface area contributed by atoms with Crippen LogP contribution in [0.15, 0.2) is 30.3 Å². The first-order chi connectivity index (χ1) is 15.9. The van der Waals surface area contributed by atoms with Crippen LogP contribution in [0.25, 0.3) is 0 Å². The van der Waals surface area contributed by atoms with Crippen LogP contribution in [-0.2, 0) is 20.9 Å². The van der Waals surface area contributed by atoms with Crippen LogP contribution in [0.2, 0.25) is 0 Å². The molecule has 1 amide bonds. The number of benzene rings is 1. The monoisotopic (exact) mass is 454 g/mol. The third kappa shape index (κ3) is 5.38. The maximum absolute atomic E-state index is 12.8. The summed E-state index contributed by atoms with van der Waals surface area (Å²) in [5.74, 6) is 0.585. The van der Waals surface area contributed by atoms with E-state index in [2.05, 4.69) is 0 Å². The SMILES string of the molecule is Cc1cc(C(=O)COC(=O)CN2CCCCCC2=O)c(C)n1C[C@@H]1COc2ccccc2O1. The van der Waals surface area contributed by atoms with Crippen molar-refractivity contribution < 1.29 is 28.6 Å². The van der Waals surface area contributed by atoms with E-state index >= 15 is 0 Å². The number of amides is 1. The number of aromatic nitrogens is 1. The number of nitrogens with zero attached hydrogens (tertiary/aromatic N) is 2. The topological polar surface area (TPSA) is 87.1 Å². The molecule has 1 fully saturated rings. The molecule has 1 aromatic heterocycles. The first kappa shape index (κ1) is 22.9. The number of Topliss-reactive ketones (excluding diaryl/α,β-unsaturated/α-hetero) is 1. The van der Waals surface area contributed by atoms with E-state index in [0.29, 0.717) is 37.4 Å². The molecule has 0 N–H and O–H groups in total. The predicted molar refractivity (Wildman–Crippen MR) is 121 cm³/mol. The van der Waals surface area contributed by atoms with Crippen molar-refractivity contribution in [2.24, 2.45) is 0 Å². The molecule has 8 heteroatoms. The highest BCUT2D eigenvalue weighted by Crippen LogP contribution is 2.31. The fraction of sp³-hybridized carbons (Fsp3) is 0.480. The van der Waals surface area contributed by atoms with E-state index in [1.807, 2.05) is 48.7 Å². The number of likely N-dealkylation sites (tertiary alicyclic amines) is 1. The van der Waals surface area contributed by atoms with Crippen molar-refractivity contribution in [1.29, 1.82) is 0 Å². The van der Waals surface area contributed by atoms with Gasteiger partial charge in [0.15, 0.2) is 24.2 Å². The molecule has 1 saturated heterocycles. The van der Waals surface area contributed by atoms with Gasteiger partial charge < -0.3 is 23.7 Å². The molecule has 176 valence electrons. The molecule has 0 spiro atoms.